The Kier molecular flexibility index (Phi) is 12.2. The summed E-state index contributed by atoms with van der Waals surface area (Å²) in [5.41, 5.74) is 5.83. The fourth-order valence-electron chi connectivity index (χ4n) is 9.06. The number of benzene rings is 2. The minimum absolute atomic E-state index is 0. The fourth-order valence-corrected chi connectivity index (χ4v) is 9.06. The van der Waals surface area contributed by atoms with Gasteiger partial charge in [-0.15, -0.1) is 0 Å². The maximum Gasteiger partial charge on any atom is 0.317 e. The van der Waals surface area contributed by atoms with E-state index in [0.717, 1.165) is 92.0 Å². The van der Waals surface area contributed by atoms with Crippen LogP contribution in [0.3, 0.4) is 0 Å². The van der Waals surface area contributed by atoms with E-state index >= 15 is 0 Å². The van der Waals surface area contributed by atoms with Crippen LogP contribution >= 0.6 is 0 Å². The third kappa shape index (κ3) is 8.17. The van der Waals surface area contributed by atoms with Crippen LogP contribution in [0.15, 0.2) is 52.9 Å². The first-order valence-electron chi connectivity index (χ1n) is 19.7. The SMILES string of the molecule is CC.CC(C)(C)OC[C@@H]1C[C@H]2CC1c1nc(nc3c1oc1ccccc13)OCCCCOC(=O)C1CCC(CC1)C1c3ccccc3CCC1O2.O. The summed E-state index contributed by atoms with van der Waals surface area (Å²) in [5, 5.41) is 0.958. The van der Waals surface area contributed by atoms with Gasteiger partial charge in [-0.25, -0.2) is 0 Å². The van der Waals surface area contributed by atoms with Gasteiger partial charge in [0.05, 0.1) is 49.2 Å². The molecule has 0 saturated heterocycles. The summed E-state index contributed by atoms with van der Waals surface area (Å²) < 4.78 is 32.3. The van der Waals surface area contributed by atoms with Gasteiger partial charge >= 0.3 is 12.0 Å². The van der Waals surface area contributed by atoms with Crippen molar-refractivity contribution in [3.63, 3.8) is 0 Å². The van der Waals surface area contributed by atoms with E-state index in [4.69, 9.17) is 33.3 Å². The molecule has 2 aliphatic heterocycles. The molecule has 282 valence electrons. The quantitative estimate of drug-likeness (QED) is 0.189. The van der Waals surface area contributed by atoms with Crippen molar-refractivity contribution in [1.82, 2.24) is 9.97 Å². The average Bonchev–Trinajstić information content (AvgIpc) is 3.73. The highest BCUT2D eigenvalue weighted by atomic mass is 16.5. The van der Waals surface area contributed by atoms with Crippen molar-refractivity contribution in [3.8, 4) is 6.01 Å². The second kappa shape index (κ2) is 16.6. The highest BCUT2D eigenvalue weighted by Crippen LogP contribution is 2.49. The Morgan fingerprint density at radius 1 is 0.865 bits per heavy atom. The summed E-state index contributed by atoms with van der Waals surface area (Å²) in [6.07, 6.45) is 9.24. The summed E-state index contributed by atoms with van der Waals surface area (Å²) in [5.74, 6) is 1.00. The summed E-state index contributed by atoms with van der Waals surface area (Å²) in [7, 11) is 0. The normalized spacial score (nSPS) is 28.0. The van der Waals surface area contributed by atoms with E-state index in [1.54, 1.807) is 0 Å². The van der Waals surface area contributed by atoms with Gasteiger partial charge in [0, 0.05) is 17.2 Å². The number of fused-ring (bicyclic) bond motifs is 12. The number of hydrogen-bond donors (Lipinski definition) is 0. The molecule has 0 radical (unpaired) electrons. The van der Waals surface area contributed by atoms with Gasteiger partial charge in [0.1, 0.15) is 11.1 Å². The van der Waals surface area contributed by atoms with Crippen molar-refractivity contribution in [1.29, 1.82) is 0 Å². The molecule has 9 heteroatoms. The number of carbonyl (C=O) groups excluding carboxylic acids is 1. The van der Waals surface area contributed by atoms with Gasteiger partial charge in [0.25, 0.3) is 0 Å². The molecule has 2 aromatic heterocycles. The number of furan rings is 1. The predicted octanol–water partition coefficient (Wildman–Crippen LogP) is 8.89. The highest BCUT2D eigenvalue weighted by molar-refractivity contribution is 6.03. The Hall–Kier alpha value is -3.53. The molecule has 2 fully saturated rings. The molecular weight excluding hydrogens is 656 g/mol. The first-order valence-corrected chi connectivity index (χ1v) is 19.7. The second-order valence-electron chi connectivity index (χ2n) is 15.8. The van der Waals surface area contributed by atoms with E-state index in [9.17, 15) is 4.79 Å². The van der Waals surface area contributed by atoms with Gasteiger partial charge in [-0.05, 0) is 120 Å². The van der Waals surface area contributed by atoms with Gasteiger partial charge in [-0.1, -0.05) is 50.2 Å². The number of aryl methyl sites for hydroxylation is 1. The molecule has 2 saturated carbocycles. The van der Waals surface area contributed by atoms with E-state index in [-0.39, 0.29) is 47.0 Å². The van der Waals surface area contributed by atoms with Crippen molar-refractivity contribution in [2.45, 2.75) is 128 Å². The highest BCUT2D eigenvalue weighted by Gasteiger charge is 2.44. The first kappa shape index (κ1) is 38.2. The first-order chi connectivity index (χ1) is 24.8. The molecule has 2 aromatic carbocycles. The third-order valence-electron chi connectivity index (χ3n) is 11.5. The molecule has 4 aromatic rings. The van der Waals surface area contributed by atoms with Crippen LogP contribution in [0, 0.1) is 17.8 Å². The number of esters is 1. The van der Waals surface area contributed by atoms with Crippen molar-refractivity contribution in [3.05, 3.63) is 65.4 Å². The van der Waals surface area contributed by atoms with Gasteiger partial charge in [0.15, 0.2) is 5.58 Å². The molecule has 3 aliphatic carbocycles. The molecule has 2 N–H and O–H groups in total. The maximum absolute atomic E-state index is 13.1. The molecule has 5 aliphatic rings. The van der Waals surface area contributed by atoms with Gasteiger partial charge < -0.3 is 28.8 Å². The van der Waals surface area contributed by atoms with Crippen LogP contribution in [0.25, 0.3) is 22.1 Å². The minimum Gasteiger partial charge on any atom is -0.465 e. The number of ether oxygens (including phenoxy) is 4. The molecule has 9 nitrogen and oxygen atoms in total. The number of carbonyl (C=O) groups is 1. The Bertz CT molecular complexity index is 1790. The lowest BCUT2D eigenvalue weighted by Crippen LogP contribution is -2.37. The Balaban J connectivity index is 0.00000152. The topological polar surface area (TPSA) is 124 Å². The zero-order valence-electron chi connectivity index (χ0n) is 31.7. The molecule has 9 rings (SSSR count). The van der Waals surface area contributed by atoms with Crippen molar-refractivity contribution < 1.29 is 33.6 Å². The molecule has 3 unspecified atom stereocenters. The maximum atomic E-state index is 13.1. The van der Waals surface area contributed by atoms with Crippen LogP contribution < -0.4 is 4.74 Å². The van der Waals surface area contributed by atoms with E-state index in [1.807, 2.05) is 32.0 Å². The lowest BCUT2D eigenvalue weighted by Gasteiger charge is -2.42. The van der Waals surface area contributed by atoms with Crippen molar-refractivity contribution in [2.75, 3.05) is 19.8 Å². The van der Waals surface area contributed by atoms with Crippen LogP contribution in [0.2, 0.25) is 0 Å². The lowest BCUT2D eigenvalue weighted by atomic mass is 9.67. The molecule has 5 atom stereocenters. The largest absolute Gasteiger partial charge is 0.465 e. The van der Waals surface area contributed by atoms with E-state index in [2.05, 4.69) is 51.1 Å². The van der Waals surface area contributed by atoms with Crippen LogP contribution in [-0.4, -0.2) is 59.0 Å². The lowest BCUT2D eigenvalue weighted by molar-refractivity contribution is -0.150. The van der Waals surface area contributed by atoms with E-state index < -0.39 is 0 Å². The number of hydrogen-bond acceptors (Lipinski definition) is 8. The summed E-state index contributed by atoms with van der Waals surface area (Å²) in [6.45, 7) is 11.8. The Morgan fingerprint density at radius 2 is 1.60 bits per heavy atom. The van der Waals surface area contributed by atoms with Crippen LogP contribution in [0.4, 0.5) is 0 Å². The fraction of sp³-hybridized carbons (Fsp3) is 0.605. The summed E-state index contributed by atoms with van der Waals surface area (Å²) in [4.78, 5) is 23.0. The van der Waals surface area contributed by atoms with E-state index in [1.165, 1.54) is 11.1 Å². The zero-order chi connectivity index (χ0) is 35.5. The Morgan fingerprint density at radius 3 is 2.38 bits per heavy atom. The van der Waals surface area contributed by atoms with Gasteiger partial charge in [0.2, 0.25) is 0 Å². The summed E-state index contributed by atoms with van der Waals surface area (Å²) in [6, 6.07) is 17.4. The molecule has 0 amide bonds. The number of nitrogens with zero attached hydrogens (tertiary/aromatic N) is 2. The van der Waals surface area contributed by atoms with Crippen LogP contribution in [0.5, 0.6) is 6.01 Å². The van der Waals surface area contributed by atoms with Gasteiger partial charge in [-0.2, -0.15) is 9.97 Å². The number of aromatic nitrogens is 2. The Labute approximate surface area is 308 Å². The molecule has 6 bridgehead atoms. The summed E-state index contributed by atoms with van der Waals surface area (Å²) >= 11 is 0. The van der Waals surface area contributed by atoms with Crippen LogP contribution in [0.1, 0.15) is 121 Å². The number of para-hydroxylation sites is 1. The third-order valence-corrected chi connectivity index (χ3v) is 11.5. The average molecular weight is 715 g/mol. The van der Waals surface area contributed by atoms with Crippen molar-refractivity contribution >= 4 is 28.0 Å². The molecular formula is C43H58N2O7. The van der Waals surface area contributed by atoms with Crippen molar-refractivity contribution in [2.24, 2.45) is 17.8 Å². The van der Waals surface area contributed by atoms with Crippen LogP contribution in [-0.2, 0) is 25.4 Å². The smallest absolute Gasteiger partial charge is 0.317 e. The predicted molar refractivity (Wildman–Crippen MR) is 203 cm³/mol. The monoisotopic (exact) mass is 714 g/mol. The van der Waals surface area contributed by atoms with Gasteiger partial charge in [-0.3, -0.25) is 4.79 Å². The molecule has 4 heterocycles. The second-order valence-corrected chi connectivity index (χ2v) is 15.8. The molecule has 52 heavy (non-hydrogen) atoms. The minimum atomic E-state index is -0.260. The standard InChI is InChI=1S/C41H50N2O6.C2H6.H2O/c1-41(2,3)47-24-28-22-29-23-32(28)37-38-36(31-12-6-7-13-33(31)49-38)42-40(43-37)46-21-9-8-20-45-39(44)27-16-14-26(15-17-27)35-30-11-5-4-10-25(30)18-19-34(35)48-29;1-2;/h4-7,10-13,26-29,32,34-35H,8-9,14-24H2,1-3H3;1-2H3;1H2/t26?,27?,28-,29-,32?,34?,35?;;/m0../s1. The molecule has 0 spiro atoms. The van der Waals surface area contributed by atoms with E-state index in [0.29, 0.717) is 37.7 Å². The number of rotatable bonds is 2. The zero-order valence-corrected chi connectivity index (χ0v) is 31.7.